The summed E-state index contributed by atoms with van der Waals surface area (Å²) in [4.78, 5) is 7.45. The van der Waals surface area contributed by atoms with E-state index in [4.69, 9.17) is 4.98 Å². The molecule has 0 bridgehead atoms. The highest BCUT2D eigenvalue weighted by molar-refractivity contribution is 5.86. The van der Waals surface area contributed by atoms with Gasteiger partial charge in [0.15, 0.2) is 0 Å². The van der Waals surface area contributed by atoms with Crippen LogP contribution in [-0.2, 0) is 0 Å². The molecule has 0 saturated heterocycles. The summed E-state index contributed by atoms with van der Waals surface area (Å²) in [5.74, 6) is 0.904. The fourth-order valence-corrected chi connectivity index (χ4v) is 7.86. The summed E-state index contributed by atoms with van der Waals surface area (Å²) in [6, 6.07) is 72.2. The average molecular weight is 718 g/mol. The maximum Gasteiger partial charge on any atom is 0.145 e. The highest BCUT2D eigenvalue weighted by atomic mass is 15.3. The van der Waals surface area contributed by atoms with Crippen molar-refractivity contribution < 1.29 is 0 Å². The van der Waals surface area contributed by atoms with Gasteiger partial charge in [0.1, 0.15) is 12.0 Å². The third kappa shape index (κ3) is 5.96. The molecule has 0 fully saturated rings. The Bertz CT molecular complexity index is 2870. The van der Waals surface area contributed by atoms with Crippen LogP contribution < -0.4 is 10.2 Å². The van der Waals surface area contributed by atoms with E-state index in [0.29, 0.717) is 5.56 Å². The number of nitrogens with one attached hydrogen (secondary N) is 1. The van der Waals surface area contributed by atoms with E-state index in [0.717, 1.165) is 78.6 Å². The van der Waals surface area contributed by atoms with Crippen molar-refractivity contribution in [3.8, 4) is 56.5 Å². The zero-order chi connectivity index (χ0) is 37.4. The van der Waals surface area contributed by atoms with Crippen LogP contribution >= 0.6 is 0 Å². The summed E-state index contributed by atoms with van der Waals surface area (Å²) in [6.45, 7) is 0. The number of imidazole rings is 1. The Morgan fingerprint density at radius 1 is 0.482 bits per heavy atom. The molecule has 1 N–H and O–H groups in total. The van der Waals surface area contributed by atoms with Gasteiger partial charge in [-0.2, -0.15) is 5.26 Å². The molecule has 1 atom stereocenters. The van der Waals surface area contributed by atoms with Gasteiger partial charge in [-0.05, 0) is 118 Å². The monoisotopic (exact) mass is 717 g/mol. The number of hydrogen-bond donors (Lipinski definition) is 1. The molecule has 1 aromatic heterocycles. The Labute approximate surface area is 326 Å². The Morgan fingerprint density at radius 3 is 1.64 bits per heavy atom. The molecule has 56 heavy (non-hydrogen) atoms. The molecule has 0 saturated carbocycles. The number of aromatic nitrogens is 2. The highest BCUT2D eigenvalue weighted by Crippen LogP contribution is 2.46. The minimum Gasteiger partial charge on any atom is -0.359 e. The van der Waals surface area contributed by atoms with Gasteiger partial charge in [0.05, 0.1) is 34.0 Å². The van der Waals surface area contributed by atoms with Crippen LogP contribution in [0.4, 0.5) is 17.1 Å². The van der Waals surface area contributed by atoms with E-state index in [2.05, 4.69) is 185 Å². The maximum atomic E-state index is 9.48. The third-order valence-corrected chi connectivity index (χ3v) is 10.6. The molecule has 264 valence electrons. The summed E-state index contributed by atoms with van der Waals surface area (Å²) in [7, 11) is 0. The lowest BCUT2D eigenvalue weighted by Gasteiger charge is -2.27. The second-order valence-corrected chi connectivity index (χ2v) is 14.1. The van der Waals surface area contributed by atoms with Gasteiger partial charge in [-0.15, -0.1) is 0 Å². The lowest BCUT2D eigenvalue weighted by atomic mass is 9.92. The number of hydrogen-bond acceptors (Lipinski definition) is 4. The smallest absolute Gasteiger partial charge is 0.145 e. The van der Waals surface area contributed by atoms with E-state index in [1.54, 1.807) is 0 Å². The van der Waals surface area contributed by atoms with Crippen molar-refractivity contribution in [3.63, 3.8) is 0 Å². The maximum absolute atomic E-state index is 9.48. The van der Waals surface area contributed by atoms with E-state index in [1.807, 2.05) is 36.4 Å². The van der Waals surface area contributed by atoms with Gasteiger partial charge in [-0.1, -0.05) is 121 Å². The number of para-hydroxylation sites is 6. The van der Waals surface area contributed by atoms with Crippen LogP contribution in [0.3, 0.4) is 0 Å². The molecule has 0 spiro atoms. The van der Waals surface area contributed by atoms with E-state index in [9.17, 15) is 5.26 Å². The number of benzene rings is 8. The fraction of sp³-hybridized carbons (Fsp3) is 0.0196. The normalized spacial score (nSPS) is 13.3. The number of rotatable bonds is 7. The first-order chi connectivity index (χ1) is 27.7. The molecule has 5 heteroatoms. The van der Waals surface area contributed by atoms with Gasteiger partial charge in [-0.25, -0.2) is 4.98 Å². The average Bonchev–Trinajstić information content (AvgIpc) is 3.87. The summed E-state index contributed by atoms with van der Waals surface area (Å²) in [5.41, 5.74) is 16.0. The van der Waals surface area contributed by atoms with Crippen LogP contribution in [0.2, 0.25) is 0 Å². The molecule has 1 aliphatic rings. The van der Waals surface area contributed by atoms with Crippen LogP contribution in [0.15, 0.2) is 200 Å². The number of anilines is 3. The Balaban J connectivity index is 1.03. The highest BCUT2D eigenvalue weighted by Gasteiger charge is 2.30. The Kier molecular flexibility index (Phi) is 8.20. The molecule has 2 heterocycles. The molecule has 0 aliphatic carbocycles. The van der Waals surface area contributed by atoms with Crippen molar-refractivity contribution in [1.29, 1.82) is 5.26 Å². The topological polar surface area (TPSA) is 56.9 Å². The van der Waals surface area contributed by atoms with Crippen molar-refractivity contribution in [2.24, 2.45) is 0 Å². The minimum absolute atomic E-state index is 0.0435. The van der Waals surface area contributed by atoms with Gasteiger partial charge in [0, 0.05) is 16.9 Å². The molecule has 9 aromatic rings. The molecule has 10 rings (SSSR count). The first-order valence-corrected chi connectivity index (χ1v) is 18.8. The molecular weight excluding hydrogens is 683 g/mol. The van der Waals surface area contributed by atoms with Gasteiger partial charge in [0.2, 0.25) is 0 Å². The van der Waals surface area contributed by atoms with E-state index >= 15 is 0 Å². The van der Waals surface area contributed by atoms with Crippen molar-refractivity contribution >= 4 is 28.1 Å². The number of nitrogens with zero attached hydrogens (tertiary/aromatic N) is 4. The van der Waals surface area contributed by atoms with Gasteiger partial charge >= 0.3 is 0 Å². The zero-order valence-electron chi connectivity index (χ0n) is 30.4. The summed E-state index contributed by atoms with van der Waals surface area (Å²) >= 11 is 0. The van der Waals surface area contributed by atoms with Crippen molar-refractivity contribution in [3.05, 3.63) is 211 Å². The predicted octanol–water partition coefficient (Wildman–Crippen LogP) is 12.8. The zero-order valence-corrected chi connectivity index (χ0v) is 30.4. The standard InChI is InChI=1S/C51H35N5/c52-34-35-19-21-36(22-20-35)41-31-42(37-23-27-39(28-24-37)50-53-46-15-7-9-17-48(46)55(50)44-11-3-1-4-12-44)33-43(32-41)38-25-29-40(30-26-38)51-54-47-16-8-10-18-49(47)56(51)45-13-5-2-6-14-45/h1-33,50,53H. The quantitative estimate of drug-likeness (QED) is 0.178. The summed E-state index contributed by atoms with van der Waals surface area (Å²) in [6.07, 6.45) is -0.0435. The van der Waals surface area contributed by atoms with E-state index in [-0.39, 0.29) is 6.17 Å². The molecule has 0 radical (unpaired) electrons. The molecule has 5 nitrogen and oxygen atoms in total. The predicted molar refractivity (Wildman–Crippen MR) is 229 cm³/mol. The van der Waals surface area contributed by atoms with Gasteiger partial charge in [-0.3, -0.25) is 4.57 Å². The number of nitriles is 1. The SMILES string of the molecule is N#Cc1ccc(-c2cc(-c3ccc(-c4nc5ccccc5n4-c4ccccc4)cc3)cc(-c3ccc(C4Nc5ccccc5N4c4ccccc4)cc3)c2)cc1. The summed E-state index contributed by atoms with van der Waals surface area (Å²) in [5, 5.41) is 13.2. The van der Waals surface area contributed by atoms with Crippen LogP contribution in [0.1, 0.15) is 17.3 Å². The van der Waals surface area contributed by atoms with E-state index < -0.39 is 0 Å². The van der Waals surface area contributed by atoms with Gasteiger partial charge < -0.3 is 10.2 Å². The molecule has 1 unspecified atom stereocenters. The molecule has 1 aliphatic heterocycles. The fourth-order valence-electron chi connectivity index (χ4n) is 7.86. The van der Waals surface area contributed by atoms with Crippen molar-refractivity contribution in [2.45, 2.75) is 6.17 Å². The van der Waals surface area contributed by atoms with Gasteiger partial charge in [0.25, 0.3) is 0 Å². The minimum atomic E-state index is -0.0435. The van der Waals surface area contributed by atoms with Crippen LogP contribution in [0.25, 0.3) is 61.5 Å². The Hall–Kier alpha value is -7.68. The van der Waals surface area contributed by atoms with E-state index in [1.165, 1.54) is 5.56 Å². The van der Waals surface area contributed by atoms with Crippen molar-refractivity contribution in [1.82, 2.24) is 9.55 Å². The van der Waals surface area contributed by atoms with Crippen molar-refractivity contribution in [2.75, 3.05) is 10.2 Å². The first kappa shape index (κ1) is 32.9. The second-order valence-electron chi connectivity index (χ2n) is 14.1. The first-order valence-electron chi connectivity index (χ1n) is 18.8. The third-order valence-electron chi connectivity index (χ3n) is 10.6. The second kappa shape index (κ2) is 13.9. The van der Waals surface area contributed by atoms with Crippen LogP contribution in [0, 0.1) is 11.3 Å². The van der Waals surface area contributed by atoms with Crippen LogP contribution in [0.5, 0.6) is 0 Å². The Morgan fingerprint density at radius 2 is 1.00 bits per heavy atom. The lowest BCUT2D eigenvalue weighted by molar-refractivity contribution is 0.828. The largest absolute Gasteiger partial charge is 0.359 e. The lowest BCUT2D eigenvalue weighted by Crippen LogP contribution is -2.23. The molecular formula is C51H35N5. The molecule has 8 aromatic carbocycles. The summed E-state index contributed by atoms with van der Waals surface area (Å²) < 4.78 is 2.23. The number of fused-ring (bicyclic) bond motifs is 2. The van der Waals surface area contributed by atoms with Crippen LogP contribution in [-0.4, -0.2) is 9.55 Å². The molecule has 0 amide bonds.